The van der Waals surface area contributed by atoms with Crippen LogP contribution in [-0.4, -0.2) is 75.1 Å². The number of H-pyrrole nitrogens is 1. The average Bonchev–Trinajstić information content (AvgIpc) is 3.27. The first-order valence-electron chi connectivity index (χ1n) is 8.16. The SMILES string of the molecule is N[C@@H](Cc1c[nH]cn1)C(=O)N1CCC[C@H]1C(=O)N1CCNC(=O)C1=O. The van der Waals surface area contributed by atoms with E-state index in [1.54, 1.807) is 6.20 Å². The summed E-state index contributed by atoms with van der Waals surface area (Å²) >= 11 is 0. The molecule has 4 N–H and O–H groups in total. The Labute approximate surface area is 143 Å². The van der Waals surface area contributed by atoms with Crippen LogP contribution in [0.4, 0.5) is 0 Å². The van der Waals surface area contributed by atoms with E-state index >= 15 is 0 Å². The number of rotatable bonds is 4. The third-order valence-electron chi connectivity index (χ3n) is 4.45. The Morgan fingerprint density at radius 2 is 2.16 bits per heavy atom. The fourth-order valence-electron chi connectivity index (χ4n) is 3.19. The molecular weight excluding hydrogens is 328 g/mol. The molecule has 4 amide bonds. The highest BCUT2D eigenvalue weighted by molar-refractivity contribution is 6.38. The van der Waals surface area contributed by atoms with E-state index in [1.165, 1.54) is 11.2 Å². The first-order chi connectivity index (χ1) is 12.0. The lowest BCUT2D eigenvalue weighted by Gasteiger charge is -2.31. The molecule has 0 bridgehead atoms. The zero-order valence-corrected chi connectivity index (χ0v) is 13.6. The highest BCUT2D eigenvalue weighted by Crippen LogP contribution is 2.21. The zero-order valence-electron chi connectivity index (χ0n) is 13.6. The first-order valence-corrected chi connectivity index (χ1v) is 8.16. The summed E-state index contributed by atoms with van der Waals surface area (Å²) < 4.78 is 0. The fourth-order valence-corrected chi connectivity index (χ4v) is 3.19. The number of amides is 4. The number of likely N-dealkylation sites (tertiary alicyclic amines) is 1. The van der Waals surface area contributed by atoms with Crippen LogP contribution in [0.25, 0.3) is 0 Å². The molecule has 10 heteroatoms. The van der Waals surface area contributed by atoms with Gasteiger partial charge in [0.05, 0.1) is 18.1 Å². The first kappa shape index (κ1) is 17.1. The van der Waals surface area contributed by atoms with E-state index in [0.29, 0.717) is 25.1 Å². The summed E-state index contributed by atoms with van der Waals surface area (Å²) in [6.07, 6.45) is 4.51. The minimum Gasteiger partial charge on any atom is -0.351 e. The summed E-state index contributed by atoms with van der Waals surface area (Å²) in [6.45, 7) is 0.731. The number of aromatic nitrogens is 2. The molecule has 0 aromatic carbocycles. The van der Waals surface area contributed by atoms with Gasteiger partial charge in [-0.2, -0.15) is 0 Å². The van der Waals surface area contributed by atoms with Crippen LogP contribution in [0.5, 0.6) is 0 Å². The van der Waals surface area contributed by atoms with Crippen molar-refractivity contribution in [2.75, 3.05) is 19.6 Å². The zero-order chi connectivity index (χ0) is 18.0. The number of imidazole rings is 1. The largest absolute Gasteiger partial charge is 0.351 e. The van der Waals surface area contributed by atoms with Crippen LogP contribution in [0, 0.1) is 0 Å². The molecule has 25 heavy (non-hydrogen) atoms. The number of imide groups is 1. The van der Waals surface area contributed by atoms with Gasteiger partial charge in [-0.25, -0.2) is 4.98 Å². The van der Waals surface area contributed by atoms with Gasteiger partial charge >= 0.3 is 11.8 Å². The number of hydrogen-bond donors (Lipinski definition) is 3. The average molecular weight is 348 g/mol. The molecule has 1 aromatic heterocycles. The minimum atomic E-state index is -0.878. The third kappa shape index (κ3) is 3.38. The van der Waals surface area contributed by atoms with Gasteiger partial charge in [-0.05, 0) is 12.8 Å². The van der Waals surface area contributed by atoms with E-state index in [9.17, 15) is 19.2 Å². The number of hydrogen-bond acceptors (Lipinski definition) is 6. The molecule has 3 heterocycles. The van der Waals surface area contributed by atoms with E-state index in [0.717, 1.165) is 4.90 Å². The van der Waals surface area contributed by atoms with Crippen LogP contribution in [0.3, 0.4) is 0 Å². The molecule has 0 radical (unpaired) electrons. The Hall–Kier alpha value is -2.75. The van der Waals surface area contributed by atoms with Gasteiger partial charge in [0.15, 0.2) is 0 Å². The standard InChI is InChI=1S/C15H20N6O4/c16-10(6-9-7-17-8-19-9)13(23)20-4-1-2-11(20)14(24)21-5-3-18-12(22)15(21)25/h7-8,10-11H,1-6,16H2,(H,17,19)(H,18,22)/t10-,11-/m0/s1. The Balaban J connectivity index is 1.69. The van der Waals surface area contributed by atoms with E-state index in [-0.39, 0.29) is 25.4 Å². The lowest BCUT2D eigenvalue weighted by molar-refractivity contribution is -0.158. The van der Waals surface area contributed by atoms with Crippen LogP contribution in [-0.2, 0) is 25.6 Å². The monoisotopic (exact) mass is 348 g/mol. The number of aromatic amines is 1. The highest BCUT2D eigenvalue weighted by Gasteiger charge is 2.41. The smallest absolute Gasteiger partial charge is 0.318 e. The lowest BCUT2D eigenvalue weighted by Crippen LogP contribution is -2.59. The van der Waals surface area contributed by atoms with Crippen molar-refractivity contribution in [3.63, 3.8) is 0 Å². The van der Waals surface area contributed by atoms with Gasteiger partial charge in [-0.1, -0.05) is 0 Å². The second kappa shape index (κ2) is 7.01. The number of carbonyl (C=O) groups excluding carboxylic acids is 4. The summed E-state index contributed by atoms with van der Waals surface area (Å²) in [6, 6.07) is -1.58. The van der Waals surface area contributed by atoms with Crippen molar-refractivity contribution in [2.45, 2.75) is 31.3 Å². The van der Waals surface area contributed by atoms with Crippen molar-refractivity contribution in [1.82, 2.24) is 25.1 Å². The summed E-state index contributed by atoms with van der Waals surface area (Å²) in [5.41, 5.74) is 6.64. The second-order valence-electron chi connectivity index (χ2n) is 6.11. The Morgan fingerprint density at radius 3 is 2.88 bits per heavy atom. The molecule has 0 saturated carbocycles. The van der Waals surface area contributed by atoms with Gasteiger partial charge in [0.2, 0.25) is 5.91 Å². The molecule has 134 valence electrons. The molecule has 0 unspecified atom stereocenters. The maximum Gasteiger partial charge on any atom is 0.318 e. The third-order valence-corrected chi connectivity index (χ3v) is 4.45. The van der Waals surface area contributed by atoms with Crippen molar-refractivity contribution in [3.8, 4) is 0 Å². The van der Waals surface area contributed by atoms with Crippen LogP contribution >= 0.6 is 0 Å². The predicted octanol–water partition coefficient (Wildman–Crippen LogP) is -2.24. The second-order valence-corrected chi connectivity index (χ2v) is 6.11. The lowest BCUT2D eigenvalue weighted by atomic mass is 10.1. The van der Waals surface area contributed by atoms with E-state index in [4.69, 9.17) is 5.73 Å². The van der Waals surface area contributed by atoms with Gasteiger partial charge in [-0.3, -0.25) is 24.1 Å². The van der Waals surface area contributed by atoms with Gasteiger partial charge in [-0.15, -0.1) is 0 Å². The Bertz CT molecular complexity index is 688. The topological polar surface area (TPSA) is 141 Å². The Kier molecular flexibility index (Phi) is 4.79. The number of carbonyl (C=O) groups is 4. The van der Waals surface area contributed by atoms with Crippen molar-refractivity contribution in [2.24, 2.45) is 5.73 Å². The van der Waals surface area contributed by atoms with Gasteiger partial charge in [0.25, 0.3) is 5.91 Å². The fraction of sp³-hybridized carbons (Fsp3) is 0.533. The molecule has 0 aliphatic carbocycles. The molecule has 1 aromatic rings. The van der Waals surface area contributed by atoms with Crippen molar-refractivity contribution < 1.29 is 19.2 Å². The van der Waals surface area contributed by atoms with Crippen LogP contribution in [0.2, 0.25) is 0 Å². The van der Waals surface area contributed by atoms with Crippen molar-refractivity contribution >= 4 is 23.6 Å². The molecular formula is C15H20N6O4. The minimum absolute atomic E-state index is 0.112. The van der Waals surface area contributed by atoms with Crippen molar-refractivity contribution in [3.05, 3.63) is 18.2 Å². The van der Waals surface area contributed by atoms with Gasteiger partial charge in [0.1, 0.15) is 6.04 Å². The number of nitrogens with two attached hydrogens (primary N) is 1. The van der Waals surface area contributed by atoms with Crippen LogP contribution in [0.15, 0.2) is 12.5 Å². The van der Waals surface area contributed by atoms with Crippen molar-refractivity contribution in [1.29, 1.82) is 0 Å². The molecule has 2 fully saturated rings. The maximum atomic E-state index is 12.7. The highest BCUT2D eigenvalue weighted by atomic mass is 16.2. The molecule has 0 spiro atoms. The molecule has 3 rings (SSSR count). The summed E-state index contributed by atoms with van der Waals surface area (Å²) in [5.74, 6) is -2.55. The molecule has 2 aliphatic heterocycles. The van der Waals surface area contributed by atoms with E-state index in [1.807, 2.05) is 0 Å². The Morgan fingerprint density at radius 1 is 1.36 bits per heavy atom. The maximum absolute atomic E-state index is 12.7. The summed E-state index contributed by atoms with van der Waals surface area (Å²) in [4.78, 5) is 57.9. The molecule has 10 nitrogen and oxygen atoms in total. The summed E-state index contributed by atoms with van der Waals surface area (Å²) in [5, 5.41) is 2.39. The normalized spacial score (nSPS) is 22.0. The predicted molar refractivity (Wildman–Crippen MR) is 84.7 cm³/mol. The molecule has 2 aliphatic rings. The quantitative estimate of drug-likeness (QED) is 0.415. The van der Waals surface area contributed by atoms with Crippen LogP contribution < -0.4 is 11.1 Å². The number of nitrogens with one attached hydrogen (secondary N) is 2. The van der Waals surface area contributed by atoms with E-state index in [2.05, 4.69) is 15.3 Å². The van der Waals surface area contributed by atoms with E-state index < -0.39 is 29.8 Å². The molecule has 2 saturated heterocycles. The summed E-state index contributed by atoms with van der Waals surface area (Å²) in [7, 11) is 0. The van der Waals surface area contributed by atoms with Gasteiger partial charge in [0, 0.05) is 32.3 Å². The van der Waals surface area contributed by atoms with Gasteiger partial charge < -0.3 is 20.9 Å². The number of piperazine rings is 1. The molecule has 2 atom stereocenters. The number of nitrogens with zero attached hydrogens (tertiary/aromatic N) is 3. The van der Waals surface area contributed by atoms with Crippen LogP contribution in [0.1, 0.15) is 18.5 Å².